The lowest BCUT2D eigenvalue weighted by Gasteiger charge is -2.30. The van der Waals surface area contributed by atoms with Crippen LogP contribution in [0.3, 0.4) is 0 Å². The first-order chi connectivity index (χ1) is 11.6. The summed E-state index contributed by atoms with van der Waals surface area (Å²) in [5.41, 5.74) is 1.51. The molecule has 24 heavy (non-hydrogen) atoms. The van der Waals surface area contributed by atoms with Crippen molar-refractivity contribution in [3.63, 3.8) is 0 Å². The van der Waals surface area contributed by atoms with Gasteiger partial charge >= 0.3 is 6.03 Å². The van der Waals surface area contributed by atoms with Gasteiger partial charge in [0.25, 0.3) is 0 Å². The molecule has 1 aliphatic rings. The van der Waals surface area contributed by atoms with Crippen LogP contribution >= 0.6 is 11.6 Å². The minimum absolute atomic E-state index is 0.109. The summed E-state index contributed by atoms with van der Waals surface area (Å²) in [7, 11) is 0. The molecule has 0 spiro atoms. The second kappa shape index (κ2) is 7.67. The number of hydrogen-bond donors (Lipinski definition) is 1. The van der Waals surface area contributed by atoms with E-state index < -0.39 is 0 Å². The molecule has 1 atom stereocenters. The molecule has 0 bridgehead atoms. The Labute approximate surface area is 146 Å². The van der Waals surface area contributed by atoms with E-state index in [0.29, 0.717) is 17.3 Å². The van der Waals surface area contributed by atoms with E-state index >= 15 is 0 Å². The second-order valence-electron chi connectivity index (χ2n) is 6.05. The number of carbonyl (C=O) groups excluding carboxylic acids is 1. The van der Waals surface area contributed by atoms with E-state index in [1.165, 1.54) is 12.1 Å². The first-order valence-corrected chi connectivity index (χ1v) is 8.60. The maximum absolute atomic E-state index is 13.6. The highest BCUT2D eigenvalue weighted by Gasteiger charge is 2.27. The normalized spacial score (nSPS) is 18.1. The van der Waals surface area contributed by atoms with Gasteiger partial charge in [-0.3, -0.25) is 0 Å². The van der Waals surface area contributed by atoms with Crippen LogP contribution in [0, 0.1) is 5.82 Å². The Kier molecular flexibility index (Phi) is 5.36. The van der Waals surface area contributed by atoms with Crippen LogP contribution in [-0.4, -0.2) is 17.5 Å². The molecule has 2 amide bonds. The molecule has 2 aromatic carbocycles. The fourth-order valence-electron chi connectivity index (χ4n) is 3.17. The predicted octanol–water partition coefficient (Wildman–Crippen LogP) is 5.63. The van der Waals surface area contributed by atoms with E-state index in [1.807, 2.05) is 11.0 Å². The fraction of sp³-hybridized carbons (Fsp3) is 0.316. The third-order valence-electron chi connectivity index (χ3n) is 4.32. The average molecular weight is 347 g/mol. The first kappa shape index (κ1) is 16.8. The Morgan fingerprint density at radius 3 is 2.75 bits per heavy atom. The molecule has 1 heterocycles. The van der Waals surface area contributed by atoms with Crippen molar-refractivity contribution >= 4 is 23.3 Å². The van der Waals surface area contributed by atoms with Gasteiger partial charge in [-0.05, 0) is 48.7 Å². The van der Waals surface area contributed by atoms with Crippen molar-refractivity contribution < 1.29 is 9.18 Å². The van der Waals surface area contributed by atoms with Gasteiger partial charge in [0.1, 0.15) is 5.82 Å². The molecule has 0 aromatic heterocycles. The summed E-state index contributed by atoms with van der Waals surface area (Å²) in [5.74, 6) is -0.271. The van der Waals surface area contributed by atoms with E-state index in [0.717, 1.165) is 31.2 Å². The summed E-state index contributed by atoms with van der Waals surface area (Å²) in [6.07, 6.45) is 3.90. The van der Waals surface area contributed by atoms with Gasteiger partial charge in [0, 0.05) is 17.3 Å². The van der Waals surface area contributed by atoms with Gasteiger partial charge in [0.05, 0.1) is 6.04 Å². The molecule has 1 fully saturated rings. The van der Waals surface area contributed by atoms with Crippen LogP contribution in [-0.2, 0) is 0 Å². The van der Waals surface area contributed by atoms with Crippen molar-refractivity contribution in [2.45, 2.75) is 31.7 Å². The number of benzene rings is 2. The van der Waals surface area contributed by atoms with Crippen LogP contribution in [0.4, 0.5) is 14.9 Å². The third-order valence-corrected chi connectivity index (χ3v) is 4.56. The number of anilines is 1. The van der Waals surface area contributed by atoms with Gasteiger partial charge in [0.2, 0.25) is 0 Å². The average Bonchev–Trinajstić information content (AvgIpc) is 2.81. The molecule has 5 heteroatoms. The lowest BCUT2D eigenvalue weighted by atomic mass is 10.0. The van der Waals surface area contributed by atoms with Crippen molar-refractivity contribution in [1.29, 1.82) is 0 Å². The van der Waals surface area contributed by atoms with Crippen molar-refractivity contribution in [3.8, 4) is 0 Å². The highest BCUT2D eigenvalue weighted by molar-refractivity contribution is 6.30. The van der Waals surface area contributed by atoms with Gasteiger partial charge < -0.3 is 10.2 Å². The monoisotopic (exact) mass is 346 g/mol. The topological polar surface area (TPSA) is 32.3 Å². The fourth-order valence-corrected chi connectivity index (χ4v) is 3.36. The number of amides is 2. The van der Waals surface area contributed by atoms with E-state index in [4.69, 9.17) is 11.6 Å². The highest BCUT2D eigenvalue weighted by atomic mass is 35.5. The van der Waals surface area contributed by atoms with E-state index in [-0.39, 0.29) is 17.9 Å². The van der Waals surface area contributed by atoms with E-state index in [2.05, 4.69) is 5.32 Å². The molecule has 126 valence electrons. The van der Waals surface area contributed by atoms with Gasteiger partial charge in [-0.25, -0.2) is 9.18 Å². The van der Waals surface area contributed by atoms with E-state index in [9.17, 15) is 9.18 Å². The summed E-state index contributed by atoms with van der Waals surface area (Å²) >= 11 is 5.98. The molecular formula is C19H20ClFN2O. The minimum atomic E-state index is -0.271. The number of nitrogens with zero attached hydrogens (tertiary/aromatic N) is 1. The predicted molar refractivity (Wildman–Crippen MR) is 94.8 cm³/mol. The zero-order chi connectivity index (χ0) is 16.9. The molecule has 3 nitrogen and oxygen atoms in total. The van der Waals surface area contributed by atoms with Crippen LogP contribution in [0.15, 0.2) is 48.5 Å². The van der Waals surface area contributed by atoms with Gasteiger partial charge in [-0.1, -0.05) is 42.6 Å². The molecule has 1 N–H and O–H groups in total. The SMILES string of the molecule is O=C(Nc1cccc(Cl)c1)N1CCCCC[C@@H]1c1cccc(F)c1. The molecule has 0 saturated carbocycles. The number of rotatable bonds is 2. The molecule has 3 rings (SSSR count). The molecule has 0 unspecified atom stereocenters. The Morgan fingerprint density at radius 1 is 1.12 bits per heavy atom. The van der Waals surface area contributed by atoms with Crippen molar-refractivity contribution in [2.75, 3.05) is 11.9 Å². The first-order valence-electron chi connectivity index (χ1n) is 8.22. The summed E-state index contributed by atoms with van der Waals surface area (Å²) in [6.45, 7) is 0.660. The zero-order valence-electron chi connectivity index (χ0n) is 13.3. The molecule has 0 aliphatic carbocycles. The molecule has 1 saturated heterocycles. The molecule has 0 radical (unpaired) electrons. The number of halogens is 2. The zero-order valence-corrected chi connectivity index (χ0v) is 14.1. The Bertz CT molecular complexity index is 722. The van der Waals surface area contributed by atoms with Crippen LogP contribution < -0.4 is 5.32 Å². The van der Waals surface area contributed by atoms with Crippen LogP contribution in [0.2, 0.25) is 5.02 Å². The maximum Gasteiger partial charge on any atom is 0.322 e. The standard InChI is InChI=1S/C19H20ClFN2O/c20-15-7-5-9-17(13-15)22-19(24)23-11-3-1-2-10-18(23)14-6-4-8-16(21)12-14/h4-9,12-13,18H,1-3,10-11H2,(H,22,24)/t18-/m1/s1. The number of carbonyl (C=O) groups is 1. The highest BCUT2D eigenvalue weighted by Crippen LogP contribution is 2.31. The van der Waals surface area contributed by atoms with Gasteiger partial charge in [-0.2, -0.15) is 0 Å². The molecular weight excluding hydrogens is 327 g/mol. The van der Waals surface area contributed by atoms with Gasteiger partial charge in [-0.15, -0.1) is 0 Å². The van der Waals surface area contributed by atoms with E-state index in [1.54, 1.807) is 30.3 Å². The lowest BCUT2D eigenvalue weighted by molar-refractivity contribution is 0.189. The summed E-state index contributed by atoms with van der Waals surface area (Å²) < 4.78 is 13.6. The second-order valence-corrected chi connectivity index (χ2v) is 6.49. The Balaban J connectivity index is 1.82. The van der Waals surface area contributed by atoms with Gasteiger partial charge in [0.15, 0.2) is 0 Å². The summed E-state index contributed by atoms with van der Waals surface area (Å²) in [5, 5.41) is 3.48. The lowest BCUT2D eigenvalue weighted by Crippen LogP contribution is -2.38. The van der Waals surface area contributed by atoms with Crippen molar-refractivity contribution in [2.24, 2.45) is 0 Å². The van der Waals surface area contributed by atoms with Crippen LogP contribution in [0.1, 0.15) is 37.3 Å². The molecule has 1 aliphatic heterocycles. The third kappa shape index (κ3) is 4.06. The largest absolute Gasteiger partial charge is 0.322 e. The summed E-state index contributed by atoms with van der Waals surface area (Å²) in [6, 6.07) is 13.3. The van der Waals surface area contributed by atoms with Crippen molar-refractivity contribution in [3.05, 3.63) is 64.9 Å². The number of urea groups is 1. The smallest absolute Gasteiger partial charge is 0.317 e. The number of nitrogens with one attached hydrogen (secondary N) is 1. The van der Waals surface area contributed by atoms with Crippen LogP contribution in [0.5, 0.6) is 0 Å². The minimum Gasteiger partial charge on any atom is -0.317 e. The number of likely N-dealkylation sites (tertiary alicyclic amines) is 1. The van der Waals surface area contributed by atoms with Crippen molar-refractivity contribution in [1.82, 2.24) is 4.90 Å². The van der Waals surface area contributed by atoms with Crippen LogP contribution in [0.25, 0.3) is 0 Å². The maximum atomic E-state index is 13.6. The quantitative estimate of drug-likeness (QED) is 0.751. The Morgan fingerprint density at radius 2 is 1.96 bits per heavy atom. The summed E-state index contributed by atoms with van der Waals surface area (Å²) in [4.78, 5) is 14.6. The Hall–Kier alpha value is -2.07. The number of hydrogen-bond acceptors (Lipinski definition) is 1. The molecule has 2 aromatic rings.